The van der Waals surface area contributed by atoms with Gasteiger partial charge in [0.2, 0.25) is 5.91 Å². The standard InChI is InChI=1S/C14H19N3O3/c1-14(2,13(19)20)17-9-11(8-15-17)16-12(18)7-10-5-3-4-6-10/h3,5,8-10H,4,6-7H2,1-2H3,(H,16,18)(H,19,20). The Kier molecular flexibility index (Phi) is 3.92. The van der Waals surface area contributed by atoms with Gasteiger partial charge in [-0.25, -0.2) is 4.79 Å². The zero-order chi connectivity index (χ0) is 14.8. The molecule has 0 saturated heterocycles. The number of carbonyl (C=O) groups is 2. The highest BCUT2D eigenvalue weighted by Gasteiger charge is 2.30. The molecule has 6 nitrogen and oxygen atoms in total. The summed E-state index contributed by atoms with van der Waals surface area (Å²) in [5.74, 6) is -0.746. The van der Waals surface area contributed by atoms with Gasteiger partial charge in [0.05, 0.1) is 11.9 Å². The van der Waals surface area contributed by atoms with E-state index in [0.29, 0.717) is 18.0 Å². The molecule has 1 aliphatic carbocycles. The van der Waals surface area contributed by atoms with Crippen LogP contribution in [0.25, 0.3) is 0 Å². The minimum absolute atomic E-state index is 0.0748. The van der Waals surface area contributed by atoms with Crippen molar-refractivity contribution >= 4 is 17.6 Å². The van der Waals surface area contributed by atoms with Crippen LogP contribution in [0, 0.1) is 5.92 Å². The monoisotopic (exact) mass is 277 g/mol. The lowest BCUT2D eigenvalue weighted by Gasteiger charge is -2.19. The molecule has 0 radical (unpaired) electrons. The molecule has 1 heterocycles. The van der Waals surface area contributed by atoms with Gasteiger partial charge in [0, 0.05) is 12.6 Å². The van der Waals surface area contributed by atoms with Crippen LogP contribution >= 0.6 is 0 Å². The van der Waals surface area contributed by atoms with E-state index >= 15 is 0 Å². The molecule has 1 unspecified atom stereocenters. The lowest BCUT2D eigenvalue weighted by Crippen LogP contribution is -2.35. The molecule has 1 atom stereocenters. The zero-order valence-electron chi connectivity index (χ0n) is 11.7. The number of aliphatic carboxylic acids is 1. The van der Waals surface area contributed by atoms with Gasteiger partial charge >= 0.3 is 5.97 Å². The summed E-state index contributed by atoms with van der Waals surface area (Å²) in [7, 11) is 0. The average molecular weight is 277 g/mol. The molecule has 0 spiro atoms. The normalized spacial score (nSPS) is 18.2. The number of nitrogens with one attached hydrogen (secondary N) is 1. The summed E-state index contributed by atoms with van der Waals surface area (Å²) >= 11 is 0. The summed E-state index contributed by atoms with van der Waals surface area (Å²) in [5.41, 5.74) is -0.622. The highest BCUT2D eigenvalue weighted by atomic mass is 16.4. The SMILES string of the molecule is CC(C)(C(=O)O)n1cc(NC(=O)CC2C=CCC2)cn1. The first kappa shape index (κ1) is 14.3. The van der Waals surface area contributed by atoms with Gasteiger partial charge in [0.15, 0.2) is 5.54 Å². The van der Waals surface area contributed by atoms with Crippen LogP contribution in [0.2, 0.25) is 0 Å². The fourth-order valence-corrected chi connectivity index (χ4v) is 2.11. The molecule has 2 N–H and O–H groups in total. The molecular formula is C14H19N3O3. The number of carboxylic acids is 1. The predicted molar refractivity (Wildman–Crippen MR) is 74.3 cm³/mol. The van der Waals surface area contributed by atoms with Crippen LogP contribution in [0.1, 0.15) is 33.1 Å². The Bertz CT molecular complexity index is 546. The van der Waals surface area contributed by atoms with Gasteiger partial charge in [0.25, 0.3) is 0 Å². The smallest absolute Gasteiger partial charge is 0.331 e. The maximum Gasteiger partial charge on any atom is 0.331 e. The maximum atomic E-state index is 11.9. The van der Waals surface area contributed by atoms with E-state index in [-0.39, 0.29) is 5.91 Å². The largest absolute Gasteiger partial charge is 0.479 e. The van der Waals surface area contributed by atoms with Crippen LogP contribution in [0.4, 0.5) is 5.69 Å². The molecule has 0 fully saturated rings. The molecule has 1 aromatic heterocycles. The van der Waals surface area contributed by atoms with Gasteiger partial charge in [-0.1, -0.05) is 12.2 Å². The molecule has 1 aliphatic rings. The first-order valence-electron chi connectivity index (χ1n) is 6.64. The van der Waals surface area contributed by atoms with Crippen LogP contribution < -0.4 is 5.32 Å². The number of anilines is 1. The average Bonchev–Trinajstić information content (AvgIpc) is 3.00. The van der Waals surface area contributed by atoms with Crippen LogP contribution in [0.5, 0.6) is 0 Å². The van der Waals surface area contributed by atoms with Crippen LogP contribution in [-0.2, 0) is 15.1 Å². The number of hydrogen-bond donors (Lipinski definition) is 2. The van der Waals surface area contributed by atoms with Crippen molar-refractivity contribution in [3.8, 4) is 0 Å². The first-order chi connectivity index (χ1) is 9.39. The van der Waals surface area contributed by atoms with Crippen LogP contribution in [0.3, 0.4) is 0 Å². The Morgan fingerprint density at radius 2 is 2.30 bits per heavy atom. The zero-order valence-corrected chi connectivity index (χ0v) is 11.7. The molecule has 2 rings (SSSR count). The Balaban J connectivity index is 1.97. The van der Waals surface area contributed by atoms with Gasteiger partial charge in [-0.3, -0.25) is 9.48 Å². The molecule has 0 aromatic carbocycles. The number of hydrogen-bond acceptors (Lipinski definition) is 3. The van der Waals surface area contributed by atoms with E-state index in [0.717, 1.165) is 12.8 Å². The van der Waals surface area contributed by atoms with Crippen molar-refractivity contribution in [3.05, 3.63) is 24.5 Å². The molecule has 0 bridgehead atoms. The van der Waals surface area contributed by atoms with Gasteiger partial charge in [0.1, 0.15) is 0 Å². The predicted octanol–water partition coefficient (Wildman–Crippen LogP) is 2.00. The van der Waals surface area contributed by atoms with Crippen molar-refractivity contribution in [1.29, 1.82) is 0 Å². The molecule has 6 heteroatoms. The third-order valence-electron chi connectivity index (χ3n) is 3.52. The van der Waals surface area contributed by atoms with E-state index in [1.54, 1.807) is 13.8 Å². The van der Waals surface area contributed by atoms with E-state index in [9.17, 15) is 9.59 Å². The number of rotatable bonds is 5. The number of nitrogens with zero attached hydrogens (tertiary/aromatic N) is 2. The van der Waals surface area contributed by atoms with Crippen molar-refractivity contribution < 1.29 is 14.7 Å². The Morgan fingerprint density at radius 3 is 2.90 bits per heavy atom. The van der Waals surface area contributed by atoms with Crippen molar-refractivity contribution in [2.24, 2.45) is 5.92 Å². The van der Waals surface area contributed by atoms with Gasteiger partial charge in [-0.2, -0.15) is 5.10 Å². The summed E-state index contributed by atoms with van der Waals surface area (Å²) in [6, 6.07) is 0. The summed E-state index contributed by atoms with van der Waals surface area (Å²) in [5, 5.41) is 15.9. The second-order valence-electron chi connectivity index (χ2n) is 5.56. The number of carbonyl (C=O) groups excluding carboxylic acids is 1. The van der Waals surface area contributed by atoms with Crippen molar-refractivity contribution in [3.63, 3.8) is 0 Å². The van der Waals surface area contributed by atoms with E-state index < -0.39 is 11.5 Å². The summed E-state index contributed by atoms with van der Waals surface area (Å²) in [6.45, 7) is 3.11. The molecule has 0 aliphatic heterocycles. The lowest BCUT2D eigenvalue weighted by molar-refractivity contribution is -0.146. The summed E-state index contributed by atoms with van der Waals surface area (Å²) in [4.78, 5) is 23.0. The van der Waals surface area contributed by atoms with Gasteiger partial charge in [-0.05, 0) is 32.6 Å². The molecule has 1 aromatic rings. The highest BCUT2D eigenvalue weighted by Crippen LogP contribution is 2.21. The number of allylic oxidation sites excluding steroid dienone is 2. The molecular weight excluding hydrogens is 258 g/mol. The Labute approximate surface area is 117 Å². The van der Waals surface area contributed by atoms with E-state index in [1.165, 1.54) is 17.1 Å². The quantitative estimate of drug-likeness (QED) is 0.806. The number of carboxylic acid groups (broad SMARTS) is 1. The highest BCUT2D eigenvalue weighted by molar-refractivity contribution is 5.90. The molecule has 0 saturated carbocycles. The van der Waals surface area contributed by atoms with Crippen molar-refractivity contribution in [2.45, 2.75) is 38.6 Å². The third kappa shape index (κ3) is 3.07. The molecule has 20 heavy (non-hydrogen) atoms. The van der Waals surface area contributed by atoms with Crippen LogP contribution in [-0.4, -0.2) is 26.8 Å². The molecule has 108 valence electrons. The Hall–Kier alpha value is -2.11. The van der Waals surface area contributed by atoms with E-state index in [4.69, 9.17) is 5.11 Å². The minimum Gasteiger partial charge on any atom is -0.479 e. The third-order valence-corrected chi connectivity index (χ3v) is 3.52. The van der Waals surface area contributed by atoms with Gasteiger partial charge < -0.3 is 10.4 Å². The fourth-order valence-electron chi connectivity index (χ4n) is 2.11. The lowest BCUT2D eigenvalue weighted by atomic mass is 10.1. The summed E-state index contributed by atoms with van der Waals surface area (Å²) < 4.78 is 1.33. The van der Waals surface area contributed by atoms with E-state index in [2.05, 4.69) is 22.6 Å². The topological polar surface area (TPSA) is 84.2 Å². The summed E-state index contributed by atoms with van der Waals surface area (Å²) in [6.07, 6.45) is 9.65. The van der Waals surface area contributed by atoms with Crippen molar-refractivity contribution in [2.75, 3.05) is 5.32 Å². The second kappa shape index (κ2) is 5.48. The Morgan fingerprint density at radius 1 is 1.55 bits per heavy atom. The molecule has 1 amide bonds. The van der Waals surface area contributed by atoms with Crippen molar-refractivity contribution in [1.82, 2.24) is 9.78 Å². The maximum absolute atomic E-state index is 11.9. The van der Waals surface area contributed by atoms with Gasteiger partial charge in [-0.15, -0.1) is 0 Å². The fraction of sp³-hybridized carbons (Fsp3) is 0.500. The number of aromatic nitrogens is 2. The van der Waals surface area contributed by atoms with Crippen LogP contribution in [0.15, 0.2) is 24.5 Å². The van der Waals surface area contributed by atoms with E-state index in [1.807, 2.05) is 0 Å². The second-order valence-corrected chi connectivity index (χ2v) is 5.56. The first-order valence-corrected chi connectivity index (χ1v) is 6.64. The number of amides is 1. The minimum atomic E-state index is -1.14.